The van der Waals surface area contributed by atoms with Gasteiger partial charge in [0.1, 0.15) is 0 Å². The molecule has 1 rings (SSSR count). The second-order valence-corrected chi connectivity index (χ2v) is 4.71. The lowest BCUT2D eigenvalue weighted by Crippen LogP contribution is -2.35. The fraction of sp³-hybridized carbons (Fsp3) is 0.385. The number of hydroxylamine groups is 1. The van der Waals surface area contributed by atoms with Crippen molar-refractivity contribution in [2.45, 2.75) is 32.8 Å². The predicted octanol–water partition coefficient (Wildman–Crippen LogP) is 2.89. The van der Waals surface area contributed by atoms with Crippen LogP contribution in [-0.2, 0) is 20.8 Å². The summed E-state index contributed by atoms with van der Waals surface area (Å²) >= 11 is 5.77. The minimum Gasteiger partial charge on any atom is -0.326 e. The van der Waals surface area contributed by atoms with Gasteiger partial charge in [-0.2, -0.15) is 8.78 Å². The molecule has 0 unspecified atom stereocenters. The molecule has 21 heavy (non-hydrogen) atoms. The first-order chi connectivity index (χ1) is 9.73. The molecule has 0 bridgehead atoms. The highest BCUT2D eigenvalue weighted by Crippen LogP contribution is 2.28. The summed E-state index contributed by atoms with van der Waals surface area (Å²) in [6.07, 6.45) is -4.43. The van der Waals surface area contributed by atoms with Crippen molar-refractivity contribution in [2.24, 2.45) is 0 Å². The van der Waals surface area contributed by atoms with E-state index in [1.54, 1.807) is 5.48 Å². The number of halogens is 3. The number of nitrogens with one attached hydrogen (secondary N) is 2. The molecule has 0 radical (unpaired) electrons. The van der Waals surface area contributed by atoms with Crippen molar-refractivity contribution in [2.75, 3.05) is 5.32 Å². The third kappa shape index (κ3) is 6.05. The number of benzene rings is 1. The Morgan fingerprint density at radius 1 is 1.38 bits per heavy atom. The second-order valence-electron chi connectivity index (χ2n) is 4.28. The summed E-state index contributed by atoms with van der Waals surface area (Å²) < 4.78 is 27.3. The quantitative estimate of drug-likeness (QED) is 0.792. The number of hydrogen-bond acceptors (Lipinski definition) is 3. The van der Waals surface area contributed by atoms with Crippen molar-refractivity contribution in [3.05, 3.63) is 28.8 Å². The van der Waals surface area contributed by atoms with Crippen LogP contribution >= 0.6 is 11.6 Å². The van der Waals surface area contributed by atoms with Gasteiger partial charge in [-0.15, -0.1) is 0 Å². The van der Waals surface area contributed by atoms with Gasteiger partial charge in [-0.25, -0.2) is 10.3 Å². The number of alkyl halides is 2. The van der Waals surface area contributed by atoms with E-state index in [0.717, 1.165) is 0 Å². The van der Waals surface area contributed by atoms with E-state index >= 15 is 0 Å². The van der Waals surface area contributed by atoms with Gasteiger partial charge in [-0.1, -0.05) is 24.6 Å². The average molecular weight is 321 g/mol. The van der Waals surface area contributed by atoms with Gasteiger partial charge < -0.3 is 5.32 Å². The van der Waals surface area contributed by atoms with Gasteiger partial charge in [0.05, 0.1) is 6.42 Å². The number of amides is 2. The van der Waals surface area contributed by atoms with E-state index in [9.17, 15) is 18.4 Å². The summed E-state index contributed by atoms with van der Waals surface area (Å²) in [6.45, 7) is 2.76. The molecule has 5 nitrogen and oxygen atoms in total. The van der Waals surface area contributed by atoms with Crippen molar-refractivity contribution in [1.82, 2.24) is 5.48 Å². The molecule has 116 valence electrons. The summed E-state index contributed by atoms with van der Waals surface area (Å²) in [6, 6.07) is 4.13. The first-order valence-electron chi connectivity index (χ1n) is 6.14. The fourth-order valence-corrected chi connectivity index (χ4v) is 1.64. The van der Waals surface area contributed by atoms with Gasteiger partial charge in [-0.05, 0) is 17.7 Å². The Morgan fingerprint density at radius 3 is 2.62 bits per heavy atom. The lowest BCUT2D eigenvalue weighted by molar-refractivity contribution is -0.267. The van der Waals surface area contributed by atoms with Gasteiger partial charge >= 0.3 is 6.11 Å². The lowest BCUT2D eigenvalue weighted by atomic mass is 10.1. The van der Waals surface area contributed by atoms with Crippen LogP contribution in [0.15, 0.2) is 18.2 Å². The zero-order chi connectivity index (χ0) is 16.0. The fourth-order valence-electron chi connectivity index (χ4n) is 1.47. The van der Waals surface area contributed by atoms with Crippen LogP contribution in [0.1, 0.15) is 25.8 Å². The highest BCUT2D eigenvalue weighted by molar-refractivity contribution is 6.31. The third-order valence-electron chi connectivity index (χ3n) is 2.41. The molecule has 1 aromatic carbocycles. The molecule has 1 aromatic rings. The lowest BCUT2D eigenvalue weighted by Gasteiger charge is -2.18. The highest BCUT2D eigenvalue weighted by Gasteiger charge is 2.33. The number of hydrogen-bond donors (Lipinski definition) is 2. The van der Waals surface area contributed by atoms with E-state index in [1.165, 1.54) is 32.0 Å². The van der Waals surface area contributed by atoms with Crippen LogP contribution in [0.2, 0.25) is 5.02 Å². The molecule has 2 amide bonds. The van der Waals surface area contributed by atoms with Crippen LogP contribution in [0, 0.1) is 0 Å². The Labute approximate surface area is 125 Å². The summed E-state index contributed by atoms with van der Waals surface area (Å²) in [7, 11) is 0. The van der Waals surface area contributed by atoms with E-state index in [2.05, 4.69) is 10.2 Å². The molecule has 0 aliphatic carbocycles. The van der Waals surface area contributed by atoms with Gasteiger partial charge in [-0.3, -0.25) is 9.59 Å². The van der Waals surface area contributed by atoms with E-state index in [-0.39, 0.29) is 17.7 Å². The molecule has 0 saturated carbocycles. The second kappa shape index (κ2) is 7.33. The number of carbonyl (C=O) groups is 2. The highest BCUT2D eigenvalue weighted by atomic mass is 35.5. The molecule has 0 aromatic heterocycles. The number of rotatable bonds is 6. The van der Waals surface area contributed by atoms with Gasteiger partial charge in [0.2, 0.25) is 11.8 Å². The molecule has 0 heterocycles. The predicted molar refractivity (Wildman–Crippen MR) is 73.9 cm³/mol. The molecule has 8 heteroatoms. The first-order valence-corrected chi connectivity index (χ1v) is 6.52. The standard InChI is InChI=1S/C13H15ClF2N2O3/c1-3-12(20)18-21-13(15,16)7-9-4-5-10(14)6-11(9)17-8(2)19/h4-6H,3,7H2,1-2H3,(H,17,19)(H,18,20). The van der Waals surface area contributed by atoms with Gasteiger partial charge in [0, 0.05) is 24.1 Å². The van der Waals surface area contributed by atoms with Crippen molar-refractivity contribution in [1.29, 1.82) is 0 Å². The normalized spacial score (nSPS) is 11.1. The zero-order valence-corrected chi connectivity index (χ0v) is 12.3. The summed E-state index contributed by atoms with van der Waals surface area (Å²) in [5, 5.41) is 2.71. The Bertz CT molecular complexity index is 538. The maximum atomic E-state index is 13.6. The van der Waals surface area contributed by atoms with E-state index in [0.29, 0.717) is 5.02 Å². The topological polar surface area (TPSA) is 67.4 Å². The molecule has 0 aliphatic heterocycles. The summed E-state index contributed by atoms with van der Waals surface area (Å²) in [5.41, 5.74) is 1.96. The molecule has 0 fully saturated rings. The molecule has 2 N–H and O–H groups in total. The Morgan fingerprint density at radius 2 is 2.05 bits per heavy atom. The van der Waals surface area contributed by atoms with Crippen LogP contribution < -0.4 is 10.8 Å². The summed E-state index contributed by atoms with van der Waals surface area (Å²) in [5.74, 6) is -1.07. The van der Waals surface area contributed by atoms with E-state index in [1.807, 2.05) is 0 Å². The molecule has 0 saturated heterocycles. The molecule has 0 atom stereocenters. The Hall–Kier alpha value is -1.73. The van der Waals surface area contributed by atoms with Crippen LogP contribution in [0.3, 0.4) is 0 Å². The van der Waals surface area contributed by atoms with Crippen LogP contribution in [-0.4, -0.2) is 17.9 Å². The maximum Gasteiger partial charge on any atom is 0.379 e. The third-order valence-corrected chi connectivity index (χ3v) is 2.65. The number of anilines is 1. The van der Waals surface area contributed by atoms with Crippen molar-refractivity contribution < 1.29 is 23.2 Å². The largest absolute Gasteiger partial charge is 0.379 e. The van der Waals surface area contributed by atoms with E-state index < -0.39 is 24.3 Å². The average Bonchev–Trinajstić information content (AvgIpc) is 2.38. The minimum atomic E-state index is -3.62. The molecule has 0 spiro atoms. The monoisotopic (exact) mass is 320 g/mol. The van der Waals surface area contributed by atoms with Gasteiger partial charge in [0.15, 0.2) is 0 Å². The molecular formula is C13H15ClF2N2O3. The molecule has 0 aliphatic rings. The van der Waals surface area contributed by atoms with Crippen LogP contribution in [0.25, 0.3) is 0 Å². The van der Waals surface area contributed by atoms with Gasteiger partial charge in [0.25, 0.3) is 0 Å². The Balaban J connectivity index is 2.85. The Kier molecular flexibility index (Phi) is 6.04. The molecular weight excluding hydrogens is 306 g/mol. The smallest absolute Gasteiger partial charge is 0.326 e. The van der Waals surface area contributed by atoms with Crippen LogP contribution in [0.4, 0.5) is 14.5 Å². The van der Waals surface area contributed by atoms with Crippen molar-refractivity contribution >= 4 is 29.1 Å². The SMILES string of the molecule is CCC(=O)NOC(F)(F)Cc1ccc(Cl)cc1NC(C)=O. The zero-order valence-electron chi connectivity index (χ0n) is 11.5. The minimum absolute atomic E-state index is 0.0220. The summed E-state index contributed by atoms with van der Waals surface area (Å²) in [4.78, 5) is 26.1. The number of carbonyl (C=O) groups excluding carboxylic acids is 2. The van der Waals surface area contributed by atoms with E-state index in [4.69, 9.17) is 11.6 Å². The van der Waals surface area contributed by atoms with Crippen molar-refractivity contribution in [3.8, 4) is 0 Å². The maximum absolute atomic E-state index is 13.6. The van der Waals surface area contributed by atoms with Crippen LogP contribution in [0.5, 0.6) is 0 Å². The first kappa shape index (κ1) is 17.3. The van der Waals surface area contributed by atoms with Crippen molar-refractivity contribution in [3.63, 3.8) is 0 Å².